The molecule has 0 N–H and O–H groups in total. The van der Waals surface area contributed by atoms with Crippen LogP contribution in [0.2, 0.25) is 0 Å². The third-order valence-electron chi connectivity index (χ3n) is 8.46. The molecule has 2 nitrogen and oxygen atoms in total. The first-order chi connectivity index (χ1) is 21.3. The lowest BCUT2D eigenvalue weighted by Crippen LogP contribution is -2.09. The Morgan fingerprint density at radius 1 is 0.419 bits per heavy atom. The molecule has 0 fully saturated rings. The van der Waals surface area contributed by atoms with Crippen LogP contribution in [0.25, 0.3) is 64.0 Å². The summed E-state index contributed by atoms with van der Waals surface area (Å²) in [6.07, 6.45) is 0. The molecule has 7 aromatic carbocycles. The van der Waals surface area contributed by atoms with E-state index >= 15 is 0 Å². The van der Waals surface area contributed by atoms with Gasteiger partial charge in [-0.3, -0.25) is 0 Å². The van der Waals surface area contributed by atoms with E-state index in [1.165, 1.54) is 42.1 Å². The monoisotopic (exact) mass is 567 g/mol. The minimum absolute atomic E-state index is 0.900. The van der Waals surface area contributed by atoms with Crippen molar-refractivity contribution in [3.63, 3.8) is 0 Å². The van der Waals surface area contributed by atoms with Crippen LogP contribution in [-0.4, -0.2) is 0 Å². The minimum Gasteiger partial charge on any atom is -0.456 e. The number of anilines is 3. The molecule has 2 heterocycles. The van der Waals surface area contributed by atoms with Crippen molar-refractivity contribution in [3.05, 3.63) is 152 Å². The Hall–Kier alpha value is -5.38. The maximum Gasteiger partial charge on any atom is 0.135 e. The number of thiophene rings is 1. The minimum atomic E-state index is 0.900. The molecule has 3 heteroatoms. The number of nitrogens with zero attached hydrogens (tertiary/aromatic N) is 1. The first-order valence-electron chi connectivity index (χ1n) is 14.5. The van der Waals surface area contributed by atoms with Gasteiger partial charge in [0, 0.05) is 48.0 Å². The SMILES string of the molecule is c1ccc(N(c2ccc(-c3cccc4c3sc3c5ccccc5ccc43)cc2)c2ccc3oc4ccccc4c3c2)cc1. The van der Waals surface area contributed by atoms with Gasteiger partial charge in [0.05, 0.1) is 0 Å². The van der Waals surface area contributed by atoms with Crippen molar-refractivity contribution < 1.29 is 4.42 Å². The lowest BCUT2D eigenvalue weighted by Gasteiger charge is -2.25. The fourth-order valence-corrected chi connectivity index (χ4v) is 7.79. The predicted octanol–water partition coefficient (Wildman–Crippen LogP) is 12.2. The van der Waals surface area contributed by atoms with Crippen LogP contribution in [0.5, 0.6) is 0 Å². The van der Waals surface area contributed by atoms with E-state index in [9.17, 15) is 0 Å². The highest BCUT2D eigenvalue weighted by molar-refractivity contribution is 7.27. The van der Waals surface area contributed by atoms with E-state index in [4.69, 9.17) is 4.42 Å². The van der Waals surface area contributed by atoms with Crippen molar-refractivity contribution in [2.45, 2.75) is 0 Å². The topological polar surface area (TPSA) is 16.4 Å². The van der Waals surface area contributed by atoms with E-state index < -0.39 is 0 Å². The first-order valence-corrected chi connectivity index (χ1v) is 15.3. The zero-order valence-electron chi connectivity index (χ0n) is 23.2. The van der Waals surface area contributed by atoms with Crippen molar-refractivity contribution in [1.82, 2.24) is 0 Å². The van der Waals surface area contributed by atoms with Gasteiger partial charge in [0.2, 0.25) is 0 Å². The molecule has 0 atom stereocenters. The maximum absolute atomic E-state index is 6.13. The number of hydrogen-bond donors (Lipinski definition) is 0. The number of para-hydroxylation sites is 2. The van der Waals surface area contributed by atoms with E-state index in [2.05, 4.69) is 144 Å². The summed E-state index contributed by atoms with van der Waals surface area (Å²) in [6.45, 7) is 0. The molecule has 0 saturated heterocycles. The molecule has 0 amide bonds. The lowest BCUT2D eigenvalue weighted by molar-refractivity contribution is 0.669. The van der Waals surface area contributed by atoms with Crippen LogP contribution < -0.4 is 4.90 Å². The van der Waals surface area contributed by atoms with E-state index in [1.807, 2.05) is 23.5 Å². The Kier molecular flexibility index (Phi) is 5.40. The molecule has 202 valence electrons. The van der Waals surface area contributed by atoms with E-state index in [1.54, 1.807) is 0 Å². The zero-order valence-corrected chi connectivity index (χ0v) is 24.0. The second-order valence-electron chi connectivity index (χ2n) is 10.9. The van der Waals surface area contributed by atoms with E-state index in [0.29, 0.717) is 0 Å². The average molecular weight is 568 g/mol. The molecule has 9 rings (SSSR count). The van der Waals surface area contributed by atoms with Gasteiger partial charge in [-0.25, -0.2) is 0 Å². The van der Waals surface area contributed by atoms with Gasteiger partial charge in [-0.15, -0.1) is 11.3 Å². The summed E-state index contributed by atoms with van der Waals surface area (Å²) in [4.78, 5) is 2.32. The molecule has 2 aromatic heterocycles. The number of furan rings is 1. The first kappa shape index (κ1) is 24.2. The second-order valence-corrected chi connectivity index (χ2v) is 12.0. The van der Waals surface area contributed by atoms with Crippen LogP contribution in [0.15, 0.2) is 156 Å². The standard InChI is InChI=1S/C40H25NOS/c1-2-10-28(11-3-1)41(30-22-24-38-36(25-30)33-13-6-7-16-37(33)42-38)29-20-17-27(18-21-29)32-14-8-15-34-35-23-19-26-9-4-5-12-31(26)40(35)43-39(32)34/h1-25H. The number of hydrogen-bond acceptors (Lipinski definition) is 3. The molecule has 0 saturated carbocycles. The van der Waals surface area contributed by atoms with Crippen LogP contribution in [0.4, 0.5) is 17.1 Å². The van der Waals surface area contributed by atoms with Crippen molar-refractivity contribution in [2.75, 3.05) is 4.90 Å². The van der Waals surface area contributed by atoms with Crippen LogP contribution in [0.1, 0.15) is 0 Å². The van der Waals surface area contributed by atoms with Crippen molar-refractivity contribution in [2.24, 2.45) is 0 Å². The Bertz CT molecular complexity index is 2450. The van der Waals surface area contributed by atoms with Crippen LogP contribution in [-0.2, 0) is 0 Å². The summed E-state index contributed by atoms with van der Waals surface area (Å²) in [5.74, 6) is 0. The quantitative estimate of drug-likeness (QED) is 0.210. The maximum atomic E-state index is 6.13. The van der Waals surface area contributed by atoms with E-state index in [-0.39, 0.29) is 0 Å². The van der Waals surface area contributed by atoms with E-state index in [0.717, 1.165) is 39.0 Å². The molecule has 0 radical (unpaired) electrons. The highest BCUT2D eigenvalue weighted by atomic mass is 32.1. The van der Waals surface area contributed by atoms with Gasteiger partial charge in [-0.2, -0.15) is 0 Å². The molecule has 0 aliphatic rings. The van der Waals surface area contributed by atoms with Gasteiger partial charge in [0.1, 0.15) is 11.2 Å². The van der Waals surface area contributed by atoms with Crippen LogP contribution in [0.3, 0.4) is 0 Å². The van der Waals surface area contributed by atoms with Crippen molar-refractivity contribution in [3.8, 4) is 11.1 Å². The van der Waals surface area contributed by atoms with Gasteiger partial charge in [0.15, 0.2) is 0 Å². The van der Waals surface area contributed by atoms with Crippen molar-refractivity contribution in [1.29, 1.82) is 0 Å². The molecule has 0 spiro atoms. The second kappa shape index (κ2) is 9.59. The number of rotatable bonds is 4. The molecule has 0 unspecified atom stereocenters. The molecule has 0 bridgehead atoms. The Morgan fingerprint density at radius 2 is 1.09 bits per heavy atom. The summed E-state index contributed by atoms with van der Waals surface area (Å²) in [5, 5.41) is 7.51. The largest absolute Gasteiger partial charge is 0.456 e. The smallest absolute Gasteiger partial charge is 0.135 e. The summed E-state index contributed by atoms with van der Waals surface area (Å²) >= 11 is 1.90. The average Bonchev–Trinajstić information content (AvgIpc) is 3.64. The van der Waals surface area contributed by atoms with Gasteiger partial charge >= 0.3 is 0 Å². The molecule has 0 aliphatic carbocycles. The molecular weight excluding hydrogens is 543 g/mol. The lowest BCUT2D eigenvalue weighted by atomic mass is 10.0. The molecule has 9 aromatic rings. The van der Waals surface area contributed by atoms with Gasteiger partial charge < -0.3 is 9.32 Å². The highest BCUT2D eigenvalue weighted by Crippen LogP contribution is 2.44. The number of benzene rings is 7. The Labute approximate surface area is 252 Å². The highest BCUT2D eigenvalue weighted by Gasteiger charge is 2.17. The molecule has 43 heavy (non-hydrogen) atoms. The Morgan fingerprint density at radius 3 is 1.98 bits per heavy atom. The van der Waals surface area contributed by atoms with Crippen molar-refractivity contribution >= 4 is 81.3 Å². The van der Waals surface area contributed by atoms with Crippen LogP contribution >= 0.6 is 11.3 Å². The predicted molar refractivity (Wildman–Crippen MR) is 184 cm³/mol. The summed E-state index contributed by atoms with van der Waals surface area (Å²) in [6, 6.07) is 54.2. The van der Waals surface area contributed by atoms with Gasteiger partial charge in [-0.1, -0.05) is 103 Å². The molecular formula is C40H25NOS. The zero-order chi connectivity index (χ0) is 28.3. The summed E-state index contributed by atoms with van der Waals surface area (Å²) < 4.78 is 8.81. The van der Waals surface area contributed by atoms with Gasteiger partial charge in [-0.05, 0) is 70.4 Å². The van der Waals surface area contributed by atoms with Crippen LogP contribution in [0, 0.1) is 0 Å². The summed E-state index contributed by atoms with van der Waals surface area (Å²) in [5.41, 5.74) is 7.61. The molecule has 0 aliphatic heterocycles. The normalized spacial score (nSPS) is 11.7. The summed E-state index contributed by atoms with van der Waals surface area (Å²) in [7, 11) is 0. The fourth-order valence-electron chi connectivity index (χ4n) is 6.42. The third-order valence-corrected chi connectivity index (χ3v) is 9.75. The third kappa shape index (κ3) is 3.86. The van der Waals surface area contributed by atoms with Gasteiger partial charge in [0.25, 0.3) is 0 Å². The number of fused-ring (bicyclic) bond motifs is 8. The Balaban J connectivity index is 1.18. The fraction of sp³-hybridized carbons (Fsp3) is 0.